The Kier molecular flexibility index (Phi) is 5.38. The predicted molar refractivity (Wildman–Crippen MR) is 117 cm³/mol. The highest BCUT2D eigenvalue weighted by molar-refractivity contribution is 8.18. The lowest BCUT2D eigenvalue weighted by Gasteiger charge is -2.07. The summed E-state index contributed by atoms with van der Waals surface area (Å²) in [6.45, 7) is 3.79. The number of imide groups is 1. The van der Waals surface area contributed by atoms with E-state index in [-0.39, 0.29) is 17.7 Å². The van der Waals surface area contributed by atoms with E-state index in [1.807, 2.05) is 48.7 Å². The molecule has 1 aromatic heterocycles. The first kappa shape index (κ1) is 19.2. The van der Waals surface area contributed by atoms with Crippen LogP contribution in [-0.4, -0.2) is 32.4 Å². The van der Waals surface area contributed by atoms with Crippen molar-refractivity contribution in [3.05, 3.63) is 88.9 Å². The Hall–Kier alpha value is -3.09. The zero-order chi connectivity index (χ0) is 20.4. The van der Waals surface area contributed by atoms with Gasteiger partial charge in [-0.2, -0.15) is 5.10 Å². The van der Waals surface area contributed by atoms with E-state index in [1.165, 1.54) is 11.0 Å². The number of carbonyl (C=O) groups is 2. The second-order valence-electron chi connectivity index (χ2n) is 6.30. The molecule has 29 heavy (non-hydrogen) atoms. The van der Waals surface area contributed by atoms with Crippen molar-refractivity contribution in [2.45, 2.75) is 0 Å². The molecule has 2 amide bonds. The summed E-state index contributed by atoms with van der Waals surface area (Å²) in [5, 5.41) is 5.04. The first-order valence-electron chi connectivity index (χ1n) is 8.84. The molecule has 1 saturated heterocycles. The third-order valence-electron chi connectivity index (χ3n) is 4.35. The van der Waals surface area contributed by atoms with Crippen molar-refractivity contribution in [2.24, 2.45) is 0 Å². The monoisotopic (exact) mass is 421 g/mol. The number of hydrogen-bond donors (Lipinski definition) is 0. The third kappa shape index (κ3) is 3.90. The third-order valence-corrected chi connectivity index (χ3v) is 5.51. The molecule has 0 unspecified atom stereocenters. The summed E-state index contributed by atoms with van der Waals surface area (Å²) in [6, 6.07) is 17.0. The van der Waals surface area contributed by atoms with Gasteiger partial charge in [-0.25, -0.2) is 4.68 Å². The van der Waals surface area contributed by atoms with E-state index < -0.39 is 0 Å². The van der Waals surface area contributed by atoms with Gasteiger partial charge in [0, 0.05) is 28.9 Å². The summed E-state index contributed by atoms with van der Waals surface area (Å²) in [6.07, 6.45) is 5.09. The SMILES string of the molecule is C=CCN1C(=O)S/C(=C\c2cn(-c3ccccc3)nc2-c2ccc(Cl)cc2)C1=O. The normalized spacial score (nSPS) is 15.3. The molecule has 0 N–H and O–H groups in total. The molecule has 0 spiro atoms. The van der Waals surface area contributed by atoms with Gasteiger partial charge >= 0.3 is 0 Å². The average Bonchev–Trinajstić information content (AvgIpc) is 3.26. The summed E-state index contributed by atoms with van der Waals surface area (Å²) in [7, 11) is 0. The van der Waals surface area contributed by atoms with Gasteiger partial charge in [0.05, 0.1) is 16.3 Å². The van der Waals surface area contributed by atoms with Gasteiger partial charge in [-0.3, -0.25) is 14.5 Å². The Balaban J connectivity index is 1.80. The Bertz CT molecular complexity index is 1120. The number of nitrogens with zero attached hydrogens (tertiary/aromatic N) is 3. The lowest BCUT2D eigenvalue weighted by Crippen LogP contribution is -2.27. The fourth-order valence-electron chi connectivity index (χ4n) is 2.97. The van der Waals surface area contributed by atoms with Crippen LogP contribution in [0.1, 0.15) is 5.56 Å². The minimum absolute atomic E-state index is 0.190. The van der Waals surface area contributed by atoms with E-state index >= 15 is 0 Å². The van der Waals surface area contributed by atoms with Gasteiger partial charge in [-0.15, -0.1) is 6.58 Å². The van der Waals surface area contributed by atoms with Crippen LogP contribution in [0, 0.1) is 0 Å². The molecule has 0 atom stereocenters. The predicted octanol–water partition coefficient (Wildman–Crippen LogP) is 5.42. The molecule has 2 aromatic carbocycles. The number of rotatable bonds is 5. The molecule has 7 heteroatoms. The van der Waals surface area contributed by atoms with E-state index in [9.17, 15) is 9.59 Å². The van der Waals surface area contributed by atoms with E-state index in [0.717, 1.165) is 28.6 Å². The summed E-state index contributed by atoms with van der Waals surface area (Å²) in [5.74, 6) is -0.325. The van der Waals surface area contributed by atoms with E-state index in [4.69, 9.17) is 16.7 Å². The van der Waals surface area contributed by atoms with E-state index in [1.54, 1.807) is 22.9 Å². The molecule has 1 fully saturated rings. The van der Waals surface area contributed by atoms with E-state index in [2.05, 4.69) is 6.58 Å². The molecule has 0 saturated carbocycles. The van der Waals surface area contributed by atoms with Crippen LogP contribution in [0.5, 0.6) is 0 Å². The van der Waals surface area contributed by atoms with Crippen LogP contribution < -0.4 is 0 Å². The number of carbonyl (C=O) groups excluding carboxylic acids is 2. The highest BCUT2D eigenvalue weighted by atomic mass is 35.5. The smallest absolute Gasteiger partial charge is 0.268 e. The van der Waals surface area contributed by atoms with Crippen molar-refractivity contribution in [1.29, 1.82) is 0 Å². The van der Waals surface area contributed by atoms with Crippen molar-refractivity contribution in [2.75, 3.05) is 6.54 Å². The highest BCUT2D eigenvalue weighted by Crippen LogP contribution is 2.34. The maximum absolute atomic E-state index is 12.6. The Labute approximate surface area is 177 Å². The van der Waals surface area contributed by atoms with Crippen LogP contribution in [0.25, 0.3) is 23.0 Å². The number of hydrogen-bond acceptors (Lipinski definition) is 4. The lowest BCUT2D eigenvalue weighted by molar-refractivity contribution is -0.122. The molecule has 4 rings (SSSR count). The molecular formula is C22H16ClN3O2S. The summed E-state index contributed by atoms with van der Waals surface area (Å²) < 4.78 is 1.75. The zero-order valence-electron chi connectivity index (χ0n) is 15.3. The van der Waals surface area contributed by atoms with Gasteiger partial charge in [-0.1, -0.05) is 48.0 Å². The van der Waals surface area contributed by atoms with Crippen molar-refractivity contribution >= 4 is 40.6 Å². The molecule has 0 radical (unpaired) electrons. The van der Waals surface area contributed by atoms with Crippen molar-refractivity contribution < 1.29 is 9.59 Å². The molecule has 2 heterocycles. The highest BCUT2D eigenvalue weighted by Gasteiger charge is 2.34. The number of halogens is 1. The summed E-state index contributed by atoms with van der Waals surface area (Å²) in [5.41, 5.74) is 3.18. The first-order valence-corrected chi connectivity index (χ1v) is 10.0. The lowest BCUT2D eigenvalue weighted by atomic mass is 10.1. The topological polar surface area (TPSA) is 55.2 Å². The average molecular weight is 422 g/mol. The molecular weight excluding hydrogens is 406 g/mol. The van der Waals surface area contributed by atoms with Crippen molar-refractivity contribution in [3.8, 4) is 16.9 Å². The number of benzene rings is 2. The van der Waals surface area contributed by atoms with Crippen LogP contribution in [0.3, 0.4) is 0 Å². The van der Waals surface area contributed by atoms with Crippen LogP contribution in [-0.2, 0) is 4.79 Å². The largest absolute Gasteiger partial charge is 0.293 e. The quantitative estimate of drug-likeness (QED) is 0.408. The van der Waals surface area contributed by atoms with Gasteiger partial charge in [0.15, 0.2) is 0 Å². The number of aromatic nitrogens is 2. The molecule has 5 nitrogen and oxygen atoms in total. The van der Waals surface area contributed by atoms with Crippen LogP contribution in [0.2, 0.25) is 5.02 Å². The zero-order valence-corrected chi connectivity index (χ0v) is 16.9. The van der Waals surface area contributed by atoms with Crippen molar-refractivity contribution in [3.63, 3.8) is 0 Å². The molecule has 0 aliphatic carbocycles. The maximum atomic E-state index is 12.6. The Morgan fingerprint density at radius 2 is 1.79 bits per heavy atom. The minimum Gasteiger partial charge on any atom is -0.268 e. The van der Waals surface area contributed by atoms with Gasteiger partial charge in [0.2, 0.25) is 0 Å². The standard InChI is InChI=1S/C22H16ClN3O2S/c1-2-12-25-21(27)19(29-22(25)28)13-16-14-26(18-6-4-3-5-7-18)24-20(16)15-8-10-17(23)11-9-15/h2-11,13-14H,1,12H2/b19-13-. The Morgan fingerprint density at radius 1 is 1.07 bits per heavy atom. The summed E-state index contributed by atoms with van der Waals surface area (Å²) in [4.78, 5) is 26.3. The van der Waals surface area contributed by atoms with Gasteiger partial charge in [0.25, 0.3) is 11.1 Å². The number of para-hydroxylation sites is 1. The van der Waals surface area contributed by atoms with Crippen LogP contribution >= 0.6 is 23.4 Å². The molecule has 3 aromatic rings. The second-order valence-corrected chi connectivity index (χ2v) is 7.73. The molecule has 0 bridgehead atoms. The molecule has 1 aliphatic rings. The van der Waals surface area contributed by atoms with Crippen LogP contribution in [0.15, 0.2) is 78.4 Å². The van der Waals surface area contributed by atoms with E-state index in [0.29, 0.717) is 15.6 Å². The fraction of sp³-hybridized carbons (Fsp3) is 0.0455. The fourth-order valence-corrected chi connectivity index (χ4v) is 3.93. The first-order chi connectivity index (χ1) is 14.1. The van der Waals surface area contributed by atoms with Crippen LogP contribution in [0.4, 0.5) is 4.79 Å². The minimum atomic E-state index is -0.325. The van der Waals surface area contributed by atoms with Gasteiger partial charge in [-0.05, 0) is 42.1 Å². The molecule has 1 aliphatic heterocycles. The number of amides is 2. The van der Waals surface area contributed by atoms with Crippen molar-refractivity contribution in [1.82, 2.24) is 14.7 Å². The number of thioether (sulfide) groups is 1. The summed E-state index contributed by atoms with van der Waals surface area (Å²) >= 11 is 6.94. The molecule has 144 valence electrons. The second kappa shape index (κ2) is 8.11. The Morgan fingerprint density at radius 3 is 2.48 bits per heavy atom. The van der Waals surface area contributed by atoms with Gasteiger partial charge in [0.1, 0.15) is 0 Å². The van der Waals surface area contributed by atoms with Gasteiger partial charge < -0.3 is 0 Å². The maximum Gasteiger partial charge on any atom is 0.293 e.